The van der Waals surface area contributed by atoms with Crippen molar-refractivity contribution in [1.82, 2.24) is 24.6 Å². The van der Waals surface area contributed by atoms with Crippen LogP contribution in [0.4, 0.5) is 0 Å². The van der Waals surface area contributed by atoms with Gasteiger partial charge in [-0.05, 0) is 26.7 Å². The van der Waals surface area contributed by atoms with Crippen LogP contribution in [0.1, 0.15) is 36.2 Å². The van der Waals surface area contributed by atoms with E-state index in [1.165, 1.54) is 6.33 Å². The molecule has 3 rings (SSSR count). The maximum atomic E-state index is 12.5. The quantitative estimate of drug-likeness (QED) is 0.894. The summed E-state index contributed by atoms with van der Waals surface area (Å²) < 4.78 is 34.3. The molecule has 8 nitrogen and oxygen atoms in total. The van der Waals surface area contributed by atoms with E-state index < -0.39 is 10.0 Å². The van der Waals surface area contributed by atoms with Gasteiger partial charge in [-0.15, -0.1) is 0 Å². The smallest absolute Gasteiger partial charge is 0.246 e. The van der Waals surface area contributed by atoms with Crippen LogP contribution in [0.2, 0.25) is 0 Å². The van der Waals surface area contributed by atoms with Gasteiger partial charge >= 0.3 is 0 Å². The van der Waals surface area contributed by atoms with Gasteiger partial charge in [-0.3, -0.25) is 0 Å². The molecule has 1 N–H and O–H groups in total. The molecule has 3 heterocycles. The topological polar surface area (TPSA) is 103 Å². The fourth-order valence-electron chi connectivity index (χ4n) is 2.51. The Morgan fingerprint density at radius 1 is 1.45 bits per heavy atom. The lowest BCUT2D eigenvalue weighted by atomic mass is 10.1. The predicted molar refractivity (Wildman–Crippen MR) is 68.3 cm³/mol. The number of hydrogen-bond donors (Lipinski definition) is 1. The first-order valence-electron chi connectivity index (χ1n) is 6.32. The number of fused-ring (bicyclic) bond motifs is 1. The van der Waals surface area contributed by atoms with E-state index in [-0.39, 0.29) is 16.7 Å². The lowest BCUT2D eigenvalue weighted by Gasteiger charge is -2.22. The first-order chi connectivity index (χ1) is 9.49. The monoisotopic (exact) mass is 297 g/mol. The van der Waals surface area contributed by atoms with Crippen molar-refractivity contribution >= 4 is 10.0 Å². The van der Waals surface area contributed by atoms with Crippen molar-refractivity contribution in [2.75, 3.05) is 0 Å². The first kappa shape index (κ1) is 13.3. The van der Waals surface area contributed by atoms with Crippen molar-refractivity contribution in [3.63, 3.8) is 0 Å². The number of nitrogens with zero attached hydrogens (tertiary/aromatic N) is 4. The molecule has 0 aliphatic carbocycles. The van der Waals surface area contributed by atoms with Gasteiger partial charge in [-0.1, -0.05) is 5.16 Å². The lowest BCUT2D eigenvalue weighted by Crippen LogP contribution is -2.33. The van der Waals surface area contributed by atoms with Gasteiger partial charge in [0, 0.05) is 6.54 Å². The molecule has 9 heteroatoms. The third-order valence-electron chi connectivity index (χ3n) is 3.35. The van der Waals surface area contributed by atoms with Crippen LogP contribution in [-0.4, -0.2) is 28.3 Å². The highest BCUT2D eigenvalue weighted by atomic mass is 32.2. The Hall–Kier alpha value is -1.74. The first-order valence-corrected chi connectivity index (χ1v) is 7.80. The summed E-state index contributed by atoms with van der Waals surface area (Å²) in [5.74, 6) is 0.930. The largest absolute Gasteiger partial charge is 0.360 e. The molecule has 2 aromatic heterocycles. The van der Waals surface area contributed by atoms with E-state index in [4.69, 9.17) is 4.52 Å². The average Bonchev–Trinajstić information content (AvgIpc) is 2.96. The van der Waals surface area contributed by atoms with Crippen LogP contribution >= 0.6 is 0 Å². The number of nitrogens with one attached hydrogen (secondary N) is 1. The maximum absolute atomic E-state index is 12.5. The van der Waals surface area contributed by atoms with E-state index in [1.54, 1.807) is 18.5 Å². The number of rotatable bonds is 3. The molecule has 0 bridgehead atoms. The fraction of sp³-hybridized carbons (Fsp3) is 0.545. The van der Waals surface area contributed by atoms with Crippen molar-refractivity contribution in [3.05, 3.63) is 23.6 Å². The molecule has 1 aliphatic heterocycles. The Morgan fingerprint density at radius 2 is 2.25 bits per heavy atom. The van der Waals surface area contributed by atoms with Crippen molar-refractivity contribution in [3.8, 4) is 0 Å². The molecule has 2 aromatic rings. The van der Waals surface area contributed by atoms with Crippen LogP contribution in [0, 0.1) is 13.8 Å². The molecule has 0 amide bonds. The minimum atomic E-state index is -3.69. The lowest BCUT2D eigenvalue weighted by molar-refractivity contribution is 0.389. The summed E-state index contributed by atoms with van der Waals surface area (Å²) in [4.78, 5) is 4.24. The van der Waals surface area contributed by atoms with Crippen molar-refractivity contribution in [2.24, 2.45) is 0 Å². The molecule has 0 aromatic carbocycles. The highest BCUT2D eigenvalue weighted by molar-refractivity contribution is 7.89. The summed E-state index contributed by atoms with van der Waals surface area (Å²) in [6, 6.07) is -0.370. The highest BCUT2D eigenvalue weighted by Gasteiger charge is 2.31. The number of aromatic nitrogens is 4. The molecule has 0 spiro atoms. The van der Waals surface area contributed by atoms with Gasteiger partial charge in [-0.25, -0.2) is 22.8 Å². The molecule has 0 radical (unpaired) electrons. The molecule has 0 fully saturated rings. The van der Waals surface area contributed by atoms with Gasteiger partial charge in [0.2, 0.25) is 10.0 Å². The zero-order chi connectivity index (χ0) is 14.3. The Labute approximate surface area is 116 Å². The summed E-state index contributed by atoms with van der Waals surface area (Å²) in [5.41, 5.74) is 0.354. The van der Waals surface area contributed by atoms with E-state index in [1.807, 2.05) is 0 Å². The van der Waals surface area contributed by atoms with Gasteiger partial charge in [0.25, 0.3) is 0 Å². The van der Waals surface area contributed by atoms with Crippen LogP contribution in [-0.2, 0) is 16.6 Å². The zero-order valence-electron chi connectivity index (χ0n) is 11.2. The van der Waals surface area contributed by atoms with Gasteiger partial charge in [0.15, 0.2) is 5.76 Å². The zero-order valence-corrected chi connectivity index (χ0v) is 12.0. The third kappa shape index (κ3) is 2.12. The Bertz CT molecular complexity index is 714. The number of sulfonamides is 1. The molecular weight excluding hydrogens is 282 g/mol. The Balaban J connectivity index is 1.93. The van der Waals surface area contributed by atoms with E-state index >= 15 is 0 Å². The van der Waals surface area contributed by atoms with Crippen LogP contribution in [0.25, 0.3) is 0 Å². The minimum Gasteiger partial charge on any atom is -0.360 e. The van der Waals surface area contributed by atoms with Crippen LogP contribution in [0.5, 0.6) is 0 Å². The second kappa shape index (κ2) is 4.67. The molecule has 20 heavy (non-hydrogen) atoms. The summed E-state index contributed by atoms with van der Waals surface area (Å²) >= 11 is 0. The number of aryl methyl sites for hydroxylation is 3. The van der Waals surface area contributed by atoms with E-state index in [9.17, 15) is 8.42 Å². The van der Waals surface area contributed by atoms with Gasteiger partial charge in [0.1, 0.15) is 22.7 Å². The Morgan fingerprint density at radius 3 is 2.95 bits per heavy atom. The van der Waals surface area contributed by atoms with Gasteiger partial charge in [0.05, 0.1) is 6.04 Å². The average molecular weight is 297 g/mol. The second-order valence-electron chi connectivity index (χ2n) is 4.81. The third-order valence-corrected chi connectivity index (χ3v) is 5.07. The Kier molecular flexibility index (Phi) is 3.09. The molecular formula is C11H15N5O3S. The van der Waals surface area contributed by atoms with E-state index in [0.29, 0.717) is 17.9 Å². The maximum Gasteiger partial charge on any atom is 0.246 e. The molecule has 0 saturated carbocycles. The second-order valence-corrected chi connectivity index (χ2v) is 6.46. The predicted octanol–water partition coefficient (Wildman–Crippen LogP) is 0.696. The molecule has 108 valence electrons. The molecule has 0 saturated heterocycles. The normalized spacial score (nSPS) is 19.0. The SMILES string of the molecule is Cc1noc(C)c1S(=O)(=O)NC1CCCn2ncnc21. The molecule has 1 unspecified atom stereocenters. The molecule has 1 atom stereocenters. The van der Waals surface area contributed by atoms with Crippen LogP contribution in [0.15, 0.2) is 15.7 Å². The van der Waals surface area contributed by atoms with Crippen molar-refractivity contribution < 1.29 is 12.9 Å². The fourth-order valence-corrected chi connectivity index (χ4v) is 4.06. The summed E-state index contributed by atoms with van der Waals surface area (Å²) in [7, 11) is -3.69. The number of hydrogen-bond acceptors (Lipinski definition) is 6. The molecule has 1 aliphatic rings. The summed E-state index contributed by atoms with van der Waals surface area (Å²) in [6.45, 7) is 3.95. The highest BCUT2D eigenvalue weighted by Crippen LogP contribution is 2.26. The van der Waals surface area contributed by atoms with E-state index in [2.05, 4.69) is 20.0 Å². The van der Waals surface area contributed by atoms with Crippen molar-refractivity contribution in [2.45, 2.75) is 44.2 Å². The van der Waals surface area contributed by atoms with Crippen LogP contribution < -0.4 is 4.72 Å². The minimum absolute atomic E-state index is 0.106. The van der Waals surface area contributed by atoms with Gasteiger partial charge in [-0.2, -0.15) is 5.10 Å². The van der Waals surface area contributed by atoms with Gasteiger partial charge < -0.3 is 4.52 Å². The van der Waals surface area contributed by atoms with Crippen LogP contribution in [0.3, 0.4) is 0 Å². The summed E-state index contributed by atoms with van der Waals surface area (Å²) in [6.07, 6.45) is 2.99. The summed E-state index contributed by atoms with van der Waals surface area (Å²) in [5, 5.41) is 7.76. The van der Waals surface area contributed by atoms with Crippen molar-refractivity contribution in [1.29, 1.82) is 0 Å². The van der Waals surface area contributed by atoms with E-state index in [0.717, 1.165) is 13.0 Å². The standard InChI is InChI=1S/C11H15N5O3S/c1-7-10(8(2)19-14-7)20(17,18)15-9-4-3-5-16-11(9)12-6-13-16/h6,9,15H,3-5H2,1-2H3.